The van der Waals surface area contributed by atoms with Crippen molar-refractivity contribution in [3.8, 4) is 11.5 Å². The molecule has 0 aliphatic rings. The predicted molar refractivity (Wildman–Crippen MR) is 110 cm³/mol. The molecule has 0 bridgehead atoms. The molecule has 0 saturated heterocycles. The van der Waals surface area contributed by atoms with Crippen molar-refractivity contribution in [1.29, 1.82) is 0 Å². The summed E-state index contributed by atoms with van der Waals surface area (Å²) in [4.78, 5) is 35.6. The molecule has 2 N–H and O–H groups in total. The van der Waals surface area contributed by atoms with E-state index in [4.69, 9.17) is 14.2 Å². The summed E-state index contributed by atoms with van der Waals surface area (Å²) in [6.45, 7) is 9.31. The number of urea groups is 1. The molecule has 0 spiro atoms. The Morgan fingerprint density at radius 3 is 2.45 bits per heavy atom. The third-order valence-corrected chi connectivity index (χ3v) is 3.45. The van der Waals surface area contributed by atoms with Crippen LogP contribution in [0.4, 0.5) is 4.79 Å². The van der Waals surface area contributed by atoms with E-state index in [1.807, 2.05) is 6.92 Å². The molecule has 29 heavy (non-hydrogen) atoms. The molecule has 8 heteroatoms. The molecule has 1 atom stereocenters. The molecule has 0 unspecified atom stereocenters. The third kappa shape index (κ3) is 9.14. The first-order valence-corrected chi connectivity index (χ1v) is 9.38. The van der Waals surface area contributed by atoms with Crippen molar-refractivity contribution >= 4 is 24.0 Å². The minimum atomic E-state index is -1.13. The second kappa shape index (κ2) is 11.1. The molecule has 160 valence electrons. The Balaban J connectivity index is 2.63. The van der Waals surface area contributed by atoms with Crippen LogP contribution in [0.2, 0.25) is 0 Å². The van der Waals surface area contributed by atoms with E-state index in [0.29, 0.717) is 23.7 Å². The molecule has 1 rings (SSSR count). The number of carbonyl (C=O) groups is 3. The van der Waals surface area contributed by atoms with E-state index in [0.717, 1.165) is 6.42 Å². The molecule has 3 amide bonds. The lowest BCUT2D eigenvalue weighted by Gasteiger charge is -2.21. The minimum absolute atomic E-state index is 0.495. The van der Waals surface area contributed by atoms with Gasteiger partial charge in [-0.05, 0) is 57.9 Å². The maximum Gasteiger partial charge on any atom is 0.331 e. The Morgan fingerprint density at radius 1 is 1.17 bits per heavy atom. The first kappa shape index (κ1) is 24.0. The summed E-state index contributed by atoms with van der Waals surface area (Å²) in [5.74, 6) is -0.263. The third-order valence-electron chi connectivity index (χ3n) is 3.45. The largest absolute Gasteiger partial charge is 0.493 e. The van der Waals surface area contributed by atoms with Crippen molar-refractivity contribution in [3.63, 3.8) is 0 Å². The van der Waals surface area contributed by atoms with Gasteiger partial charge in [-0.15, -0.1) is 0 Å². The van der Waals surface area contributed by atoms with Gasteiger partial charge in [0.05, 0.1) is 13.7 Å². The smallest absolute Gasteiger partial charge is 0.331 e. The van der Waals surface area contributed by atoms with Gasteiger partial charge in [-0.3, -0.25) is 10.1 Å². The fourth-order valence-electron chi connectivity index (χ4n) is 2.14. The summed E-state index contributed by atoms with van der Waals surface area (Å²) >= 11 is 0. The molecule has 8 nitrogen and oxygen atoms in total. The summed E-state index contributed by atoms with van der Waals surface area (Å²) in [5.41, 5.74) is 0.204. The van der Waals surface area contributed by atoms with Gasteiger partial charge >= 0.3 is 12.0 Å². The van der Waals surface area contributed by atoms with Crippen molar-refractivity contribution in [2.45, 2.75) is 52.7 Å². The molecule has 0 fully saturated rings. The van der Waals surface area contributed by atoms with Crippen molar-refractivity contribution in [1.82, 2.24) is 10.6 Å². The molecule has 0 aliphatic heterocycles. The fraction of sp³-hybridized carbons (Fsp3) is 0.476. The van der Waals surface area contributed by atoms with E-state index in [1.54, 1.807) is 39.0 Å². The highest BCUT2D eigenvalue weighted by atomic mass is 16.5. The van der Waals surface area contributed by atoms with E-state index in [1.165, 1.54) is 26.2 Å². The van der Waals surface area contributed by atoms with Gasteiger partial charge in [-0.25, -0.2) is 9.59 Å². The van der Waals surface area contributed by atoms with Crippen LogP contribution in [0.25, 0.3) is 6.08 Å². The average molecular weight is 406 g/mol. The number of esters is 1. The zero-order valence-corrected chi connectivity index (χ0v) is 17.8. The number of nitrogens with one attached hydrogen (secondary N) is 2. The number of hydrogen-bond acceptors (Lipinski definition) is 6. The van der Waals surface area contributed by atoms with Crippen LogP contribution < -0.4 is 20.1 Å². The predicted octanol–water partition coefficient (Wildman–Crippen LogP) is 3.05. The van der Waals surface area contributed by atoms with Crippen molar-refractivity contribution in [2.24, 2.45) is 0 Å². The van der Waals surface area contributed by atoms with Crippen molar-refractivity contribution in [2.75, 3.05) is 13.7 Å². The first-order chi connectivity index (χ1) is 13.6. The van der Waals surface area contributed by atoms with Crippen LogP contribution in [-0.2, 0) is 14.3 Å². The molecule has 0 aliphatic carbocycles. The summed E-state index contributed by atoms with van der Waals surface area (Å²) in [5, 5.41) is 4.72. The highest BCUT2D eigenvalue weighted by molar-refractivity contribution is 5.98. The number of amides is 3. The standard InChI is InChI=1S/C21H30N2O6/c1-7-12-28-16-10-8-15(13-17(16)27-6)9-11-18(24)29-14(2)19(25)22-20(26)23-21(3,4)5/h8-11,13-14H,7,12H2,1-6H3,(H2,22,23,25,26)/b11-9+/t14-/m0/s1. The van der Waals surface area contributed by atoms with Gasteiger partial charge in [0.15, 0.2) is 17.6 Å². The van der Waals surface area contributed by atoms with Crippen molar-refractivity contribution in [3.05, 3.63) is 29.8 Å². The van der Waals surface area contributed by atoms with Crippen LogP contribution in [0, 0.1) is 0 Å². The van der Waals surface area contributed by atoms with Gasteiger partial charge < -0.3 is 19.5 Å². The molecule has 0 aromatic heterocycles. The molecular weight excluding hydrogens is 376 g/mol. The maximum atomic E-state index is 12.0. The number of carbonyl (C=O) groups excluding carboxylic acids is 3. The zero-order valence-electron chi connectivity index (χ0n) is 17.8. The summed E-state index contributed by atoms with van der Waals surface area (Å²) in [7, 11) is 1.53. The Kier molecular flexibility index (Phi) is 9.18. The second-order valence-corrected chi connectivity index (χ2v) is 7.36. The van der Waals surface area contributed by atoms with Gasteiger partial charge in [-0.2, -0.15) is 0 Å². The van der Waals surface area contributed by atoms with Crippen LogP contribution >= 0.6 is 0 Å². The lowest BCUT2D eigenvalue weighted by molar-refractivity contribution is -0.149. The SMILES string of the molecule is CCCOc1ccc(/C=C/C(=O)O[C@@H](C)C(=O)NC(=O)NC(C)(C)C)cc1OC. The zero-order chi connectivity index (χ0) is 22.0. The molecule has 0 heterocycles. The van der Waals surface area contributed by atoms with E-state index in [9.17, 15) is 14.4 Å². The second-order valence-electron chi connectivity index (χ2n) is 7.36. The van der Waals surface area contributed by atoms with Gasteiger partial charge in [0.2, 0.25) is 0 Å². The van der Waals surface area contributed by atoms with Crippen LogP contribution in [-0.4, -0.2) is 43.3 Å². The lowest BCUT2D eigenvalue weighted by Crippen LogP contribution is -2.50. The Morgan fingerprint density at radius 2 is 1.86 bits per heavy atom. The van der Waals surface area contributed by atoms with Crippen molar-refractivity contribution < 1.29 is 28.6 Å². The average Bonchev–Trinajstić information content (AvgIpc) is 2.63. The van der Waals surface area contributed by atoms with E-state index < -0.39 is 29.6 Å². The molecule has 0 saturated carbocycles. The number of rotatable bonds is 8. The maximum absolute atomic E-state index is 12.0. The highest BCUT2D eigenvalue weighted by Gasteiger charge is 2.21. The van der Waals surface area contributed by atoms with Crippen LogP contribution in [0.15, 0.2) is 24.3 Å². The summed E-state index contributed by atoms with van der Waals surface area (Å²) in [6, 6.07) is 4.59. The molecular formula is C21H30N2O6. The van der Waals surface area contributed by atoms with Gasteiger partial charge in [-0.1, -0.05) is 13.0 Å². The number of ether oxygens (including phenoxy) is 3. The van der Waals surface area contributed by atoms with Gasteiger partial charge in [0.1, 0.15) is 0 Å². The van der Waals surface area contributed by atoms with Crippen LogP contribution in [0.1, 0.15) is 46.6 Å². The first-order valence-electron chi connectivity index (χ1n) is 9.38. The van der Waals surface area contributed by atoms with Crippen LogP contribution in [0.5, 0.6) is 11.5 Å². The molecule has 0 radical (unpaired) electrons. The quantitative estimate of drug-likeness (QED) is 0.508. The van der Waals surface area contributed by atoms with Gasteiger partial charge in [0, 0.05) is 11.6 Å². The van der Waals surface area contributed by atoms with Gasteiger partial charge in [0.25, 0.3) is 5.91 Å². The Hall–Kier alpha value is -3.03. The number of hydrogen-bond donors (Lipinski definition) is 2. The number of methoxy groups -OCH3 is 1. The summed E-state index contributed by atoms with van der Waals surface area (Å²) in [6.07, 6.45) is 2.48. The topological polar surface area (TPSA) is 103 Å². The Bertz CT molecular complexity index is 752. The van der Waals surface area contributed by atoms with E-state index in [-0.39, 0.29) is 0 Å². The molecule has 1 aromatic rings. The van der Waals surface area contributed by atoms with E-state index in [2.05, 4.69) is 10.6 Å². The number of benzene rings is 1. The fourth-order valence-corrected chi connectivity index (χ4v) is 2.14. The highest BCUT2D eigenvalue weighted by Crippen LogP contribution is 2.28. The van der Waals surface area contributed by atoms with Crippen LogP contribution in [0.3, 0.4) is 0 Å². The normalized spacial score (nSPS) is 12.2. The lowest BCUT2D eigenvalue weighted by atomic mass is 10.1. The summed E-state index contributed by atoms with van der Waals surface area (Å²) < 4.78 is 15.9. The minimum Gasteiger partial charge on any atom is -0.493 e. The monoisotopic (exact) mass is 406 g/mol. The Labute approximate surface area is 171 Å². The van der Waals surface area contributed by atoms with E-state index >= 15 is 0 Å². The number of imide groups is 1. The molecule has 1 aromatic carbocycles.